The van der Waals surface area contributed by atoms with Crippen LogP contribution >= 0.6 is 0 Å². The number of fused-ring (bicyclic) bond motifs is 1. The zero-order chi connectivity index (χ0) is 23.1. The molecule has 5 rings (SSSR count). The van der Waals surface area contributed by atoms with E-state index in [4.69, 9.17) is 10.1 Å². The molecule has 3 aromatic heterocycles. The van der Waals surface area contributed by atoms with Crippen LogP contribution in [0, 0.1) is 19.3 Å². The second kappa shape index (κ2) is 8.12. The van der Waals surface area contributed by atoms with Crippen LogP contribution in [0.1, 0.15) is 41.8 Å². The van der Waals surface area contributed by atoms with E-state index in [0.29, 0.717) is 28.9 Å². The van der Waals surface area contributed by atoms with Gasteiger partial charge in [-0.25, -0.2) is 9.97 Å². The minimum atomic E-state index is 0.0729. The molecule has 1 N–H and O–H groups in total. The molecule has 1 aliphatic rings. The maximum absolute atomic E-state index is 8.76. The molecule has 0 fully saturated rings. The van der Waals surface area contributed by atoms with Crippen molar-refractivity contribution in [3.63, 3.8) is 0 Å². The van der Waals surface area contributed by atoms with Crippen molar-refractivity contribution in [3.8, 4) is 23.0 Å². The number of ether oxygens (including phenoxy) is 1. The molecule has 0 amide bonds. The Labute approximate surface area is 192 Å². The Morgan fingerprint density at radius 1 is 1.06 bits per heavy atom. The molecule has 1 atom stereocenters. The van der Waals surface area contributed by atoms with Crippen LogP contribution in [-0.2, 0) is 0 Å². The maximum Gasteiger partial charge on any atom is 0.238 e. The Balaban J connectivity index is 1.51. The smallest absolute Gasteiger partial charge is 0.238 e. The number of nitrogens with one attached hydrogen (secondary N) is 1. The van der Waals surface area contributed by atoms with Gasteiger partial charge < -0.3 is 14.2 Å². The average Bonchev–Trinajstić information content (AvgIpc) is 3.39. The summed E-state index contributed by atoms with van der Waals surface area (Å²) in [5.41, 5.74) is 6.08. The Kier molecular flexibility index (Phi) is 5.12. The molecule has 8 nitrogen and oxygen atoms in total. The van der Waals surface area contributed by atoms with Gasteiger partial charge in [0.1, 0.15) is 17.2 Å². The van der Waals surface area contributed by atoms with Crippen molar-refractivity contribution in [2.45, 2.75) is 33.2 Å². The van der Waals surface area contributed by atoms with Crippen LogP contribution in [0.25, 0.3) is 17.1 Å². The van der Waals surface area contributed by atoms with Crippen LogP contribution in [0.5, 0.6) is 5.88 Å². The van der Waals surface area contributed by atoms with Gasteiger partial charge in [0.05, 0.1) is 30.9 Å². The topological polar surface area (TPSA) is 92.8 Å². The summed E-state index contributed by atoms with van der Waals surface area (Å²) < 4.78 is 7.42. The number of hydrogen-bond donors (Lipinski definition) is 1. The Hall–Kier alpha value is -4.07. The quantitative estimate of drug-likeness (QED) is 0.487. The van der Waals surface area contributed by atoms with Crippen molar-refractivity contribution in [2.75, 3.05) is 12.0 Å². The molecule has 4 heterocycles. The van der Waals surface area contributed by atoms with E-state index in [1.165, 1.54) is 0 Å². The molecule has 4 aromatic rings. The van der Waals surface area contributed by atoms with Crippen molar-refractivity contribution >= 4 is 11.7 Å². The Morgan fingerprint density at radius 2 is 1.88 bits per heavy atom. The third kappa shape index (κ3) is 3.44. The van der Waals surface area contributed by atoms with Gasteiger partial charge in [-0.15, -0.1) is 10.2 Å². The van der Waals surface area contributed by atoms with E-state index in [2.05, 4.69) is 33.2 Å². The zero-order valence-electron chi connectivity index (χ0n) is 19.1. The molecule has 0 radical (unpaired) electrons. The predicted octanol–water partition coefficient (Wildman–Crippen LogP) is 4.65. The highest BCUT2D eigenvalue weighted by atomic mass is 16.5. The van der Waals surface area contributed by atoms with E-state index in [9.17, 15) is 0 Å². The molecule has 0 spiro atoms. The van der Waals surface area contributed by atoms with Crippen LogP contribution in [0.2, 0.25) is 0 Å². The van der Waals surface area contributed by atoms with Gasteiger partial charge in [0.15, 0.2) is 5.82 Å². The number of methoxy groups -OCH3 is 1. The fourth-order valence-electron chi connectivity index (χ4n) is 4.40. The molecule has 8 heteroatoms. The first-order valence-corrected chi connectivity index (χ1v) is 10.9. The van der Waals surface area contributed by atoms with Crippen LogP contribution in [0.4, 0.5) is 5.82 Å². The maximum atomic E-state index is 8.76. The summed E-state index contributed by atoms with van der Waals surface area (Å²) in [7, 11) is 1.60. The summed E-state index contributed by atoms with van der Waals surface area (Å²) in [5, 5.41) is 17.8. The molecular formula is C25H25N7O. The fraction of sp³-hybridized carbons (Fsp3) is 0.240. The molecule has 33 heavy (non-hydrogen) atoms. The molecule has 1 aromatic carbocycles. The van der Waals surface area contributed by atoms with Gasteiger partial charge in [0, 0.05) is 11.8 Å². The van der Waals surface area contributed by atoms with Crippen molar-refractivity contribution in [1.82, 2.24) is 24.7 Å². The monoisotopic (exact) mass is 439 g/mol. The van der Waals surface area contributed by atoms with Crippen LogP contribution in [-0.4, -0.2) is 37.7 Å². The first-order chi connectivity index (χ1) is 16.0. The van der Waals surface area contributed by atoms with Crippen LogP contribution < -0.4 is 9.64 Å². The van der Waals surface area contributed by atoms with Gasteiger partial charge in [-0.05, 0) is 49.6 Å². The second-order valence-corrected chi connectivity index (χ2v) is 8.11. The number of nitrogens with zero attached hydrogens (tertiary/aromatic N) is 6. The number of aryl methyl sites for hydroxylation is 2. The first-order valence-electron chi connectivity index (χ1n) is 10.9. The largest absolute Gasteiger partial charge is 0.479 e. The van der Waals surface area contributed by atoms with Gasteiger partial charge >= 0.3 is 0 Å². The first kappa shape index (κ1) is 20.8. The van der Waals surface area contributed by atoms with Crippen molar-refractivity contribution < 1.29 is 4.74 Å². The average molecular weight is 440 g/mol. The second-order valence-electron chi connectivity index (χ2n) is 8.11. The Morgan fingerprint density at radius 3 is 2.58 bits per heavy atom. The standard InChI is InChI=1S/C25H25N7O/c1-5-21-17-8-6-7-9-18(17)23(26)32(21)24-15(2)12-20(29-30-24)19-10-11-22(25(28-19)33-4)31-13-16(3)27-14-31/h6-14,21,26H,5H2,1-4H3. The summed E-state index contributed by atoms with van der Waals surface area (Å²) in [6, 6.07) is 14.0. The molecule has 1 aliphatic heterocycles. The number of rotatable bonds is 5. The predicted molar refractivity (Wildman–Crippen MR) is 127 cm³/mol. The number of pyridine rings is 1. The lowest BCUT2D eigenvalue weighted by atomic mass is 10.0. The molecule has 0 bridgehead atoms. The number of aromatic nitrogens is 5. The molecule has 0 saturated heterocycles. The third-order valence-corrected chi connectivity index (χ3v) is 5.99. The van der Waals surface area contributed by atoms with Gasteiger partial charge in [-0.2, -0.15) is 0 Å². The highest BCUT2D eigenvalue weighted by molar-refractivity contribution is 6.12. The number of benzene rings is 1. The van der Waals surface area contributed by atoms with Crippen LogP contribution in [0.3, 0.4) is 0 Å². The lowest BCUT2D eigenvalue weighted by Crippen LogP contribution is -2.29. The van der Waals surface area contributed by atoms with Gasteiger partial charge in [-0.1, -0.05) is 31.2 Å². The van der Waals surface area contributed by atoms with Gasteiger partial charge in [0.2, 0.25) is 5.88 Å². The SMILES string of the molecule is CCC1c2ccccc2C(=N)N1c1nnc(-c2ccc(-n3cnc(C)c3)c(OC)n2)cc1C. The Bertz CT molecular complexity index is 1360. The molecule has 166 valence electrons. The zero-order valence-corrected chi connectivity index (χ0v) is 19.1. The summed E-state index contributed by atoms with van der Waals surface area (Å²) in [5.74, 6) is 1.64. The minimum absolute atomic E-state index is 0.0729. The highest BCUT2D eigenvalue weighted by Gasteiger charge is 2.35. The van der Waals surface area contributed by atoms with E-state index in [1.54, 1.807) is 13.4 Å². The van der Waals surface area contributed by atoms with Crippen LogP contribution in [0.15, 0.2) is 55.0 Å². The fourth-order valence-corrected chi connectivity index (χ4v) is 4.40. The number of amidine groups is 1. The van der Waals surface area contributed by atoms with Gasteiger partial charge in [-0.3, -0.25) is 5.41 Å². The van der Waals surface area contributed by atoms with Crippen molar-refractivity contribution in [1.29, 1.82) is 5.41 Å². The van der Waals surface area contributed by atoms with E-state index >= 15 is 0 Å². The lowest BCUT2D eigenvalue weighted by Gasteiger charge is -2.26. The van der Waals surface area contributed by atoms with E-state index in [1.807, 2.05) is 65.9 Å². The molecule has 0 aliphatic carbocycles. The summed E-state index contributed by atoms with van der Waals surface area (Å²) in [6.45, 7) is 6.06. The molecular weight excluding hydrogens is 414 g/mol. The van der Waals surface area contributed by atoms with Crippen molar-refractivity contribution in [2.24, 2.45) is 0 Å². The van der Waals surface area contributed by atoms with E-state index < -0.39 is 0 Å². The summed E-state index contributed by atoms with van der Waals surface area (Å²) in [4.78, 5) is 10.9. The third-order valence-electron chi connectivity index (χ3n) is 5.99. The number of hydrogen-bond acceptors (Lipinski definition) is 6. The number of imidazole rings is 1. The number of anilines is 1. The molecule has 1 unspecified atom stereocenters. The summed E-state index contributed by atoms with van der Waals surface area (Å²) >= 11 is 0. The lowest BCUT2D eigenvalue weighted by molar-refractivity contribution is 0.396. The minimum Gasteiger partial charge on any atom is -0.479 e. The van der Waals surface area contributed by atoms with Gasteiger partial charge in [0.25, 0.3) is 0 Å². The van der Waals surface area contributed by atoms with E-state index in [0.717, 1.165) is 34.5 Å². The van der Waals surface area contributed by atoms with Crippen molar-refractivity contribution in [3.05, 3.63) is 77.4 Å². The molecule has 0 saturated carbocycles. The normalized spacial score (nSPS) is 15.1. The van der Waals surface area contributed by atoms with E-state index in [-0.39, 0.29) is 6.04 Å². The summed E-state index contributed by atoms with van der Waals surface area (Å²) in [6.07, 6.45) is 4.53. The highest BCUT2D eigenvalue weighted by Crippen LogP contribution is 2.39.